The molecule has 0 aromatic heterocycles. The topological polar surface area (TPSA) is 68.7 Å². The van der Waals surface area contributed by atoms with Gasteiger partial charge in [0.05, 0.1) is 16.3 Å². The summed E-state index contributed by atoms with van der Waals surface area (Å²) >= 11 is 6.13. The number of allylic oxidation sites excluding steroid dienone is 1. The molecule has 182 valence electrons. The Morgan fingerprint density at radius 1 is 1.09 bits per heavy atom. The van der Waals surface area contributed by atoms with E-state index in [9.17, 15) is 18.0 Å². The Bertz CT molecular complexity index is 1030. The molecule has 1 fully saturated rings. The molecule has 3 rings (SSSR count). The first-order chi connectivity index (χ1) is 16.1. The van der Waals surface area contributed by atoms with Crippen LogP contribution in [0.1, 0.15) is 15.9 Å². The summed E-state index contributed by atoms with van der Waals surface area (Å²) < 4.78 is 44.3. The molecule has 6 nitrogen and oxygen atoms in total. The van der Waals surface area contributed by atoms with Gasteiger partial charge in [-0.25, -0.2) is 4.79 Å². The summed E-state index contributed by atoms with van der Waals surface area (Å²) in [5.74, 6) is -0.506. The summed E-state index contributed by atoms with van der Waals surface area (Å²) in [7, 11) is 2.07. The minimum atomic E-state index is -4.80. The first kappa shape index (κ1) is 25.7. The number of hydrogen-bond donors (Lipinski definition) is 2. The molecule has 1 aliphatic rings. The lowest BCUT2D eigenvalue weighted by atomic mass is 10.1. The summed E-state index contributed by atoms with van der Waals surface area (Å²) in [6.45, 7) is 4.68. The van der Waals surface area contributed by atoms with Crippen LogP contribution in [0.3, 0.4) is 0 Å². The third-order valence-corrected chi connectivity index (χ3v) is 5.74. The summed E-state index contributed by atoms with van der Waals surface area (Å²) in [5.41, 5.74) is -0.481. The maximum absolute atomic E-state index is 13.0. The molecule has 2 N–H and O–H groups in total. The van der Waals surface area contributed by atoms with Crippen LogP contribution in [0.25, 0.3) is 5.70 Å². The lowest BCUT2D eigenvalue weighted by Gasteiger charge is -2.32. The fourth-order valence-electron chi connectivity index (χ4n) is 3.33. The Labute approximate surface area is 201 Å². The van der Waals surface area contributed by atoms with Crippen molar-refractivity contribution in [1.29, 1.82) is 5.41 Å². The summed E-state index contributed by atoms with van der Waals surface area (Å²) in [6, 6.07) is 12.5. The van der Waals surface area contributed by atoms with Crippen molar-refractivity contribution in [3.63, 3.8) is 0 Å². The van der Waals surface area contributed by atoms with Crippen molar-refractivity contribution in [2.75, 3.05) is 51.7 Å². The van der Waals surface area contributed by atoms with Crippen LogP contribution in [0.4, 0.5) is 18.9 Å². The number of nitrogens with zero attached hydrogens (tertiary/aromatic N) is 2. The smallest absolute Gasteiger partial charge is 0.432 e. The predicted molar refractivity (Wildman–Crippen MR) is 127 cm³/mol. The Hall–Kier alpha value is -2.88. The minimum Gasteiger partial charge on any atom is -0.461 e. The highest BCUT2D eigenvalue weighted by molar-refractivity contribution is 6.33. The van der Waals surface area contributed by atoms with Gasteiger partial charge < -0.3 is 15.0 Å². The number of rotatable bonds is 8. The van der Waals surface area contributed by atoms with Gasteiger partial charge in [0.15, 0.2) is 0 Å². The van der Waals surface area contributed by atoms with Crippen LogP contribution in [0.2, 0.25) is 5.02 Å². The van der Waals surface area contributed by atoms with Crippen LogP contribution < -0.4 is 5.32 Å². The van der Waals surface area contributed by atoms with Crippen molar-refractivity contribution in [3.05, 3.63) is 70.8 Å². The molecule has 34 heavy (non-hydrogen) atoms. The van der Waals surface area contributed by atoms with Gasteiger partial charge >= 0.3 is 12.1 Å². The van der Waals surface area contributed by atoms with Crippen LogP contribution in [0.15, 0.2) is 54.6 Å². The van der Waals surface area contributed by atoms with E-state index < -0.39 is 17.9 Å². The van der Waals surface area contributed by atoms with Gasteiger partial charge in [0.2, 0.25) is 0 Å². The zero-order valence-corrected chi connectivity index (χ0v) is 19.4. The van der Waals surface area contributed by atoms with Crippen LogP contribution in [0.5, 0.6) is 0 Å². The molecule has 0 atom stereocenters. The molecule has 0 spiro atoms. The van der Waals surface area contributed by atoms with E-state index in [0.717, 1.165) is 26.2 Å². The Kier molecular flexibility index (Phi) is 8.71. The number of alkyl halides is 3. The van der Waals surface area contributed by atoms with E-state index in [1.54, 1.807) is 24.3 Å². The number of esters is 1. The number of anilines is 1. The van der Waals surface area contributed by atoms with E-state index in [1.807, 2.05) is 0 Å². The number of likely N-dealkylation sites (N-methyl/N-ethyl adjacent to an activating group) is 1. The molecule has 0 aliphatic carbocycles. The van der Waals surface area contributed by atoms with Crippen molar-refractivity contribution < 1.29 is 22.7 Å². The largest absolute Gasteiger partial charge is 0.461 e. The second-order valence-electron chi connectivity index (χ2n) is 7.93. The summed E-state index contributed by atoms with van der Waals surface area (Å²) in [6.07, 6.45) is -4.12. The van der Waals surface area contributed by atoms with E-state index in [2.05, 4.69) is 22.2 Å². The fraction of sp³-hybridized carbons (Fsp3) is 0.333. The zero-order valence-electron chi connectivity index (χ0n) is 18.7. The molecule has 0 amide bonds. The second kappa shape index (κ2) is 11.5. The summed E-state index contributed by atoms with van der Waals surface area (Å²) in [4.78, 5) is 16.9. The van der Waals surface area contributed by atoms with Crippen LogP contribution in [-0.4, -0.2) is 74.0 Å². The van der Waals surface area contributed by atoms with E-state index in [-0.39, 0.29) is 17.9 Å². The van der Waals surface area contributed by atoms with Crippen LogP contribution in [0, 0.1) is 5.41 Å². The first-order valence-corrected chi connectivity index (χ1v) is 11.1. The van der Waals surface area contributed by atoms with Crippen LogP contribution >= 0.6 is 11.6 Å². The molecule has 0 unspecified atom stereocenters. The predicted octanol–water partition coefficient (Wildman–Crippen LogP) is 4.78. The molecule has 0 radical (unpaired) electrons. The normalized spacial score (nSPS) is 15.7. The summed E-state index contributed by atoms with van der Waals surface area (Å²) in [5, 5.41) is 10.5. The van der Waals surface area contributed by atoms with Gasteiger partial charge in [0.25, 0.3) is 0 Å². The van der Waals surface area contributed by atoms with E-state index >= 15 is 0 Å². The molecule has 0 bridgehead atoms. The number of piperazine rings is 1. The maximum atomic E-state index is 13.0. The Balaban J connectivity index is 1.69. The van der Waals surface area contributed by atoms with Gasteiger partial charge in [-0.05, 0) is 43.0 Å². The Morgan fingerprint density at radius 2 is 1.71 bits per heavy atom. The minimum absolute atomic E-state index is 0.0189. The van der Waals surface area contributed by atoms with Gasteiger partial charge in [0, 0.05) is 38.4 Å². The quantitative estimate of drug-likeness (QED) is 0.408. The highest BCUT2D eigenvalue weighted by atomic mass is 35.5. The lowest BCUT2D eigenvalue weighted by molar-refractivity contribution is -0.0583. The standard InChI is InChI=1S/C24H26ClF3N4O2/c1-31-10-12-32(13-11-31)14-15-34-23(33)18-8-6-17(7-9-18)21(16-22(29)24(26,27)28)30-20-5-3-2-4-19(20)25/h2-9,16,29-30H,10-15H2,1H3/b21-16-,29-22?. The molecule has 1 heterocycles. The third kappa shape index (κ3) is 7.31. The first-order valence-electron chi connectivity index (χ1n) is 10.7. The molecular formula is C24H26ClF3N4O2. The van der Waals surface area contributed by atoms with Crippen molar-refractivity contribution in [2.45, 2.75) is 6.18 Å². The highest BCUT2D eigenvalue weighted by Gasteiger charge is 2.33. The van der Waals surface area contributed by atoms with Gasteiger partial charge in [-0.1, -0.05) is 35.9 Å². The van der Waals surface area contributed by atoms with Crippen molar-refractivity contribution in [3.8, 4) is 0 Å². The highest BCUT2D eigenvalue weighted by Crippen LogP contribution is 2.27. The SMILES string of the molecule is CN1CCN(CCOC(=O)c2ccc(/C(=C/C(=N)C(F)(F)F)Nc3ccccc3Cl)cc2)CC1. The number of halogens is 4. The van der Waals surface area contributed by atoms with Crippen molar-refractivity contribution in [1.82, 2.24) is 9.80 Å². The number of carbonyl (C=O) groups excluding carboxylic acids is 1. The maximum Gasteiger partial charge on any atom is 0.432 e. The van der Waals surface area contributed by atoms with Gasteiger partial charge in [0.1, 0.15) is 12.3 Å². The number of benzene rings is 2. The molecular weight excluding hydrogens is 469 g/mol. The van der Waals surface area contributed by atoms with Gasteiger partial charge in [-0.2, -0.15) is 13.2 Å². The fourth-order valence-corrected chi connectivity index (χ4v) is 3.52. The third-order valence-electron chi connectivity index (χ3n) is 5.41. The van der Waals surface area contributed by atoms with Crippen molar-refractivity contribution >= 4 is 34.7 Å². The number of para-hydroxylation sites is 1. The molecule has 10 heteroatoms. The van der Waals surface area contributed by atoms with Gasteiger partial charge in [-0.3, -0.25) is 10.3 Å². The molecule has 0 saturated carbocycles. The van der Waals surface area contributed by atoms with Crippen molar-refractivity contribution in [2.24, 2.45) is 0 Å². The average Bonchev–Trinajstić information content (AvgIpc) is 2.80. The Morgan fingerprint density at radius 3 is 2.32 bits per heavy atom. The number of hydrogen-bond acceptors (Lipinski definition) is 6. The zero-order chi connectivity index (χ0) is 24.7. The number of ether oxygens (including phenoxy) is 1. The molecule has 1 saturated heterocycles. The molecule has 2 aromatic carbocycles. The van der Waals surface area contributed by atoms with Crippen LogP contribution in [-0.2, 0) is 4.74 Å². The number of nitrogens with one attached hydrogen (secondary N) is 2. The van der Waals surface area contributed by atoms with E-state index in [1.165, 1.54) is 24.3 Å². The molecule has 1 aliphatic heterocycles. The van der Waals surface area contributed by atoms with Gasteiger partial charge in [-0.15, -0.1) is 0 Å². The molecule has 2 aromatic rings. The number of carbonyl (C=O) groups is 1. The monoisotopic (exact) mass is 494 g/mol. The second-order valence-corrected chi connectivity index (χ2v) is 8.34. The lowest BCUT2D eigenvalue weighted by Crippen LogP contribution is -2.45. The van der Waals surface area contributed by atoms with E-state index in [4.69, 9.17) is 21.7 Å². The average molecular weight is 495 g/mol. The van der Waals surface area contributed by atoms with E-state index in [0.29, 0.717) is 28.9 Å².